The number of nitrogens with zero attached hydrogens (tertiary/aromatic N) is 2. The van der Waals surface area contributed by atoms with Crippen molar-refractivity contribution in [1.82, 2.24) is 9.55 Å². The fraction of sp³-hybridized carbons (Fsp3) is 0.700. The predicted molar refractivity (Wildman–Crippen MR) is 52.6 cm³/mol. The second kappa shape index (κ2) is 5.02. The summed E-state index contributed by atoms with van der Waals surface area (Å²) in [5.74, 6) is 0. The van der Waals surface area contributed by atoms with Crippen LogP contribution in [-0.4, -0.2) is 22.3 Å². The van der Waals surface area contributed by atoms with Crippen molar-refractivity contribution in [2.24, 2.45) is 0 Å². The second-order valence-corrected chi connectivity index (χ2v) is 3.57. The van der Waals surface area contributed by atoms with Crippen LogP contribution in [0, 0.1) is 0 Å². The summed E-state index contributed by atoms with van der Waals surface area (Å²) in [6.07, 6.45) is 7.00. The van der Waals surface area contributed by atoms with E-state index in [0.29, 0.717) is 12.1 Å². The van der Waals surface area contributed by atoms with Crippen LogP contribution in [0.5, 0.6) is 0 Å². The van der Waals surface area contributed by atoms with E-state index in [1.54, 1.807) is 6.20 Å². The fourth-order valence-corrected chi connectivity index (χ4v) is 1.15. The highest BCUT2D eigenvalue weighted by molar-refractivity contribution is 4.78. The summed E-state index contributed by atoms with van der Waals surface area (Å²) < 4.78 is 7.58. The van der Waals surface area contributed by atoms with Crippen LogP contribution in [0.25, 0.3) is 0 Å². The molecule has 3 nitrogen and oxygen atoms in total. The summed E-state index contributed by atoms with van der Waals surface area (Å²) in [5.41, 5.74) is 0. The van der Waals surface area contributed by atoms with Gasteiger partial charge in [-0.3, -0.25) is 0 Å². The summed E-state index contributed by atoms with van der Waals surface area (Å²) in [7, 11) is 0. The Morgan fingerprint density at radius 1 is 1.38 bits per heavy atom. The van der Waals surface area contributed by atoms with Gasteiger partial charge in [0.1, 0.15) is 0 Å². The summed E-state index contributed by atoms with van der Waals surface area (Å²) in [5, 5.41) is 0. The van der Waals surface area contributed by atoms with Crippen molar-refractivity contribution in [3.63, 3.8) is 0 Å². The van der Waals surface area contributed by atoms with E-state index in [2.05, 4.69) is 30.3 Å². The molecule has 13 heavy (non-hydrogen) atoms. The number of hydrogen-bond donors (Lipinski definition) is 0. The molecule has 1 heterocycles. The zero-order chi connectivity index (χ0) is 9.68. The van der Waals surface area contributed by atoms with Crippen LogP contribution in [0.4, 0.5) is 0 Å². The summed E-state index contributed by atoms with van der Waals surface area (Å²) in [4.78, 5) is 4.01. The van der Waals surface area contributed by atoms with E-state index < -0.39 is 0 Å². The number of hydrogen-bond acceptors (Lipinski definition) is 2. The van der Waals surface area contributed by atoms with Crippen molar-refractivity contribution >= 4 is 0 Å². The third-order valence-electron chi connectivity index (χ3n) is 2.02. The van der Waals surface area contributed by atoms with E-state index in [9.17, 15) is 0 Å². The van der Waals surface area contributed by atoms with Crippen LogP contribution in [0.3, 0.4) is 0 Å². The minimum absolute atomic E-state index is 0.329. The molecular formula is C10H18N2O. The minimum atomic E-state index is 0.329. The van der Waals surface area contributed by atoms with E-state index in [-0.39, 0.29) is 0 Å². The van der Waals surface area contributed by atoms with Crippen molar-refractivity contribution in [1.29, 1.82) is 0 Å². The molecule has 0 radical (unpaired) electrons. The lowest BCUT2D eigenvalue weighted by Gasteiger charge is -2.14. The Labute approximate surface area is 79.7 Å². The van der Waals surface area contributed by atoms with Crippen LogP contribution in [0.15, 0.2) is 18.7 Å². The van der Waals surface area contributed by atoms with Crippen LogP contribution in [0.1, 0.15) is 33.2 Å². The first kappa shape index (κ1) is 10.3. The highest BCUT2D eigenvalue weighted by Gasteiger charge is 2.03. The third-order valence-corrected chi connectivity index (χ3v) is 2.02. The Kier molecular flexibility index (Phi) is 3.96. The molecule has 1 rings (SSSR count). The maximum absolute atomic E-state index is 5.48. The first-order chi connectivity index (χ1) is 6.20. The van der Waals surface area contributed by atoms with Crippen molar-refractivity contribution in [2.75, 3.05) is 6.61 Å². The molecule has 0 fully saturated rings. The molecule has 0 aromatic carbocycles. The fourth-order valence-electron chi connectivity index (χ4n) is 1.15. The van der Waals surface area contributed by atoms with E-state index in [1.807, 2.05) is 12.5 Å². The minimum Gasteiger partial charge on any atom is -0.379 e. The average Bonchev–Trinajstić information content (AvgIpc) is 2.55. The van der Waals surface area contributed by atoms with Gasteiger partial charge in [-0.2, -0.15) is 0 Å². The lowest BCUT2D eigenvalue weighted by atomic mass is 10.2. The van der Waals surface area contributed by atoms with Crippen molar-refractivity contribution in [3.05, 3.63) is 18.7 Å². The average molecular weight is 182 g/mol. The van der Waals surface area contributed by atoms with Gasteiger partial charge < -0.3 is 9.30 Å². The van der Waals surface area contributed by atoms with Crippen molar-refractivity contribution < 1.29 is 4.74 Å². The van der Waals surface area contributed by atoms with E-state index in [1.165, 1.54) is 0 Å². The normalized spacial score (nSPS) is 13.5. The summed E-state index contributed by atoms with van der Waals surface area (Å²) in [6.45, 7) is 7.10. The van der Waals surface area contributed by atoms with E-state index in [0.717, 1.165) is 13.0 Å². The Morgan fingerprint density at radius 2 is 2.15 bits per heavy atom. The maximum Gasteiger partial charge on any atom is 0.0948 e. The highest BCUT2D eigenvalue weighted by Crippen LogP contribution is 2.09. The Balaban J connectivity index is 2.22. The van der Waals surface area contributed by atoms with Gasteiger partial charge in [-0.05, 0) is 27.2 Å². The van der Waals surface area contributed by atoms with Gasteiger partial charge in [0.05, 0.1) is 12.4 Å². The first-order valence-electron chi connectivity index (χ1n) is 4.79. The van der Waals surface area contributed by atoms with Gasteiger partial charge >= 0.3 is 0 Å². The molecule has 0 spiro atoms. The quantitative estimate of drug-likeness (QED) is 0.698. The molecule has 0 aliphatic carbocycles. The maximum atomic E-state index is 5.48. The van der Waals surface area contributed by atoms with Crippen molar-refractivity contribution in [2.45, 2.75) is 39.3 Å². The molecule has 1 atom stereocenters. The van der Waals surface area contributed by atoms with E-state index in [4.69, 9.17) is 4.74 Å². The molecule has 0 saturated heterocycles. The molecule has 0 saturated carbocycles. The molecule has 3 heteroatoms. The second-order valence-electron chi connectivity index (χ2n) is 3.57. The smallest absolute Gasteiger partial charge is 0.0948 e. The largest absolute Gasteiger partial charge is 0.379 e. The van der Waals surface area contributed by atoms with Crippen LogP contribution >= 0.6 is 0 Å². The molecule has 0 amide bonds. The Hall–Kier alpha value is -0.830. The third kappa shape index (κ3) is 3.59. The zero-order valence-electron chi connectivity index (χ0n) is 8.60. The van der Waals surface area contributed by atoms with Gasteiger partial charge in [-0.25, -0.2) is 4.98 Å². The van der Waals surface area contributed by atoms with Gasteiger partial charge in [0, 0.05) is 25.0 Å². The molecule has 0 aliphatic rings. The van der Waals surface area contributed by atoms with Gasteiger partial charge in [-0.15, -0.1) is 0 Å². The van der Waals surface area contributed by atoms with Crippen LogP contribution < -0.4 is 0 Å². The van der Waals surface area contributed by atoms with Crippen LogP contribution in [0.2, 0.25) is 0 Å². The monoisotopic (exact) mass is 182 g/mol. The van der Waals surface area contributed by atoms with Gasteiger partial charge in [0.25, 0.3) is 0 Å². The van der Waals surface area contributed by atoms with E-state index >= 15 is 0 Å². The highest BCUT2D eigenvalue weighted by atomic mass is 16.5. The number of ether oxygens (including phenoxy) is 1. The molecule has 0 N–H and O–H groups in total. The molecule has 1 aromatic rings. The zero-order valence-corrected chi connectivity index (χ0v) is 8.60. The topological polar surface area (TPSA) is 27.1 Å². The van der Waals surface area contributed by atoms with Gasteiger partial charge in [0.15, 0.2) is 0 Å². The standard InChI is InChI=1S/C10H18N2O/c1-9(2)13-7-4-10(3)12-6-5-11-8-12/h5-6,8-10H,4,7H2,1-3H3. The number of rotatable bonds is 5. The lowest BCUT2D eigenvalue weighted by Crippen LogP contribution is -2.10. The lowest BCUT2D eigenvalue weighted by molar-refractivity contribution is 0.0705. The predicted octanol–water partition coefficient (Wildman–Crippen LogP) is 2.26. The molecule has 1 aromatic heterocycles. The first-order valence-corrected chi connectivity index (χ1v) is 4.79. The van der Waals surface area contributed by atoms with Gasteiger partial charge in [0.2, 0.25) is 0 Å². The van der Waals surface area contributed by atoms with Gasteiger partial charge in [-0.1, -0.05) is 0 Å². The molecule has 0 aliphatic heterocycles. The Morgan fingerprint density at radius 3 is 2.69 bits per heavy atom. The molecular weight excluding hydrogens is 164 g/mol. The number of aromatic nitrogens is 2. The molecule has 1 unspecified atom stereocenters. The van der Waals surface area contributed by atoms with Crippen molar-refractivity contribution in [3.8, 4) is 0 Å². The number of imidazole rings is 1. The Bertz CT molecular complexity index is 219. The summed E-state index contributed by atoms with van der Waals surface area (Å²) in [6, 6.07) is 0.473. The van der Waals surface area contributed by atoms with Crippen LogP contribution in [-0.2, 0) is 4.74 Å². The molecule has 0 bridgehead atoms. The molecule has 74 valence electrons. The summed E-state index contributed by atoms with van der Waals surface area (Å²) >= 11 is 0. The SMILES string of the molecule is CC(C)OCCC(C)n1ccnc1.